The van der Waals surface area contributed by atoms with E-state index in [1.165, 1.54) is 0 Å². The first-order chi connectivity index (χ1) is 10.2. The molecule has 1 aromatic carbocycles. The average Bonchev–Trinajstić information content (AvgIpc) is 2.42. The Hall–Kier alpha value is -2.43. The SMILES string of the molecule is Cc1ccc(C(=O)Nc2ccc(NC(C)(C)C)nn2)cc1C. The molecule has 0 aliphatic heterocycles. The van der Waals surface area contributed by atoms with Gasteiger partial charge in [0.05, 0.1) is 0 Å². The van der Waals surface area contributed by atoms with Crippen molar-refractivity contribution in [3.63, 3.8) is 0 Å². The number of aromatic nitrogens is 2. The third kappa shape index (κ3) is 4.28. The molecule has 5 heteroatoms. The second kappa shape index (κ2) is 6.13. The third-order valence-electron chi connectivity index (χ3n) is 3.18. The van der Waals surface area contributed by atoms with Crippen molar-refractivity contribution in [2.75, 3.05) is 10.6 Å². The van der Waals surface area contributed by atoms with E-state index < -0.39 is 0 Å². The largest absolute Gasteiger partial charge is 0.364 e. The van der Waals surface area contributed by atoms with Gasteiger partial charge in [-0.3, -0.25) is 4.79 Å². The molecule has 2 rings (SSSR count). The zero-order valence-electron chi connectivity index (χ0n) is 13.7. The van der Waals surface area contributed by atoms with E-state index in [1.54, 1.807) is 18.2 Å². The quantitative estimate of drug-likeness (QED) is 0.909. The van der Waals surface area contributed by atoms with Crippen molar-refractivity contribution in [1.29, 1.82) is 0 Å². The molecule has 2 aromatic rings. The molecule has 0 atom stereocenters. The zero-order chi connectivity index (χ0) is 16.3. The molecule has 5 nitrogen and oxygen atoms in total. The first kappa shape index (κ1) is 15.9. The minimum atomic E-state index is -0.186. The van der Waals surface area contributed by atoms with Crippen molar-refractivity contribution in [3.05, 3.63) is 47.0 Å². The number of aryl methyl sites for hydroxylation is 2. The Bertz CT molecular complexity index is 672. The summed E-state index contributed by atoms with van der Waals surface area (Å²) in [4.78, 5) is 12.2. The molecule has 1 amide bonds. The summed E-state index contributed by atoms with van der Waals surface area (Å²) in [7, 11) is 0. The van der Waals surface area contributed by atoms with Crippen molar-refractivity contribution < 1.29 is 4.79 Å². The van der Waals surface area contributed by atoms with Gasteiger partial charge in [-0.15, -0.1) is 10.2 Å². The number of carbonyl (C=O) groups is 1. The van der Waals surface area contributed by atoms with Crippen LogP contribution in [0.3, 0.4) is 0 Å². The fourth-order valence-electron chi connectivity index (χ4n) is 1.92. The van der Waals surface area contributed by atoms with Crippen LogP contribution in [-0.4, -0.2) is 21.6 Å². The molecule has 2 N–H and O–H groups in total. The topological polar surface area (TPSA) is 66.9 Å². The molecule has 1 heterocycles. The van der Waals surface area contributed by atoms with Crippen LogP contribution in [0.15, 0.2) is 30.3 Å². The van der Waals surface area contributed by atoms with E-state index in [9.17, 15) is 4.79 Å². The normalized spacial score (nSPS) is 11.1. The maximum atomic E-state index is 12.2. The maximum Gasteiger partial charge on any atom is 0.256 e. The van der Waals surface area contributed by atoms with Gasteiger partial charge < -0.3 is 10.6 Å². The van der Waals surface area contributed by atoms with Gasteiger partial charge in [-0.2, -0.15) is 0 Å². The van der Waals surface area contributed by atoms with E-state index >= 15 is 0 Å². The van der Waals surface area contributed by atoms with E-state index in [0.717, 1.165) is 11.1 Å². The molecule has 0 radical (unpaired) electrons. The lowest BCUT2D eigenvalue weighted by atomic mass is 10.1. The van der Waals surface area contributed by atoms with Gasteiger partial charge in [-0.05, 0) is 70.0 Å². The Morgan fingerprint density at radius 1 is 0.955 bits per heavy atom. The lowest BCUT2D eigenvalue weighted by Gasteiger charge is -2.20. The lowest BCUT2D eigenvalue weighted by Crippen LogP contribution is -2.26. The summed E-state index contributed by atoms with van der Waals surface area (Å²) in [6, 6.07) is 9.15. The van der Waals surface area contributed by atoms with Crippen molar-refractivity contribution in [1.82, 2.24) is 10.2 Å². The molecular weight excluding hydrogens is 276 g/mol. The number of anilines is 2. The van der Waals surface area contributed by atoms with Crippen LogP contribution < -0.4 is 10.6 Å². The Kier molecular flexibility index (Phi) is 4.45. The Balaban J connectivity index is 2.07. The first-order valence-electron chi connectivity index (χ1n) is 7.25. The Labute approximate surface area is 131 Å². The van der Waals surface area contributed by atoms with Gasteiger partial charge in [0.1, 0.15) is 5.82 Å². The molecule has 22 heavy (non-hydrogen) atoms. The Morgan fingerprint density at radius 2 is 1.59 bits per heavy atom. The Morgan fingerprint density at radius 3 is 2.14 bits per heavy atom. The molecule has 0 saturated heterocycles. The summed E-state index contributed by atoms with van der Waals surface area (Å²) in [5, 5.41) is 14.1. The molecule has 0 bridgehead atoms. The molecule has 0 aliphatic carbocycles. The highest BCUT2D eigenvalue weighted by Gasteiger charge is 2.11. The molecule has 1 aromatic heterocycles. The fraction of sp³-hybridized carbons (Fsp3) is 0.353. The van der Waals surface area contributed by atoms with Gasteiger partial charge in [0, 0.05) is 11.1 Å². The van der Waals surface area contributed by atoms with E-state index in [4.69, 9.17) is 0 Å². The maximum absolute atomic E-state index is 12.2. The van der Waals surface area contributed by atoms with Crippen LogP contribution in [0, 0.1) is 13.8 Å². The van der Waals surface area contributed by atoms with Crippen LogP contribution in [-0.2, 0) is 0 Å². The number of amides is 1. The molecular formula is C17H22N4O. The van der Waals surface area contributed by atoms with Gasteiger partial charge in [-0.1, -0.05) is 6.07 Å². The minimum absolute atomic E-state index is 0.0845. The monoisotopic (exact) mass is 298 g/mol. The van der Waals surface area contributed by atoms with E-state index in [2.05, 4.69) is 20.8 Å². The number of nitrogens with zero attached hydrogens (tertiary/aromatic N) is 2. The van der Waals surface area contributed by atoms with Gasteiger partial charge in [0.15, 0.2) is 5.82 Å². The molecule has 0 fully saturated rings. The lowest BCUT2D eigenvalue weighted by molar-refractivity contribution is 0.102. The number of nitrogens with one attached hydrogen (secondary N) is 2. The summed E-state index contributed by atoms with van der Waals surface area (Å²) in [6.45, 7) is 10.1. The number of hydrogen-bond donors (Lipinski definition) is 2. The van der Waals surface area contributed by atoms with Crippen LogP contribution in [0.5, 0.6) is 0 Å². The number of carbonyl (C=O) groups excluding carboxylic acids is 1. The summed E-state index contributed by atoms with van der Waals surface area (Å²) >= 11 is 0. The first-order valence-corrected chi connectivity index (χ1v) is 7.25. The van der Waals surface area contributed by atoms with Crippen molar-refractivity contribution >= 4 is 17.5 Å². The highest BCUT2D eigenvalue weighted by Crippen LogP contribution is 2.14. The number of benzene rings is 1. The summed E-state index contributed by atoms with van der Waals surface area (Å²) < 4.78 is 0. The zero-order valence-corrected chi connectivity index (χ0v) is 13.7. The predicted molar refractivity (Wildman–Crippen MR) is 89.3 cm³/mol. The van der Waals surface area contributed by atoms with Gasteiger partial charge in [0.2, 0.25) is 0 Å². The highest BCUT2D eigenvalue weighted by molar-refractivity contribution is 6.03. The van der Waals surface area contributed by atoms with Crippen LogP contribution in [0.2, 0.25) is 0 Å². The van der Waals surface area contributed by atoms with Gasteiger partial charge >= 0.3 is 0 Å². The smallest absolute Gasteiger partial charge is 0.256 e. The number of hydrogen-bond acceptors (Lipinski definition) is 4. The van der Waals surface area contributed by atoms with E-state index in [-0.39, 0.29) is 11.4 Å². The molecule has 0 unspecified atom stereocenters. The van der Waals surface area contributed by atoms with Crippen molar-refractivity contribution in [3.8, 4) is 0 Å². The molecule has 0 saturated carbocycles. The average molecular weight is 298 g/mol. The standard InChI is InChI=1S/C17H22N4O/c1-11-6-7-13(10-12(11)2)16(22)18-14-8-9-15(21-20-14)19-17(3,4)5/h6-10H,1-5H3,(H,19,21)(H,18,20,22). The van der Waals surface area contributed by atoms with Crippen LogP contribution >= 0.6 is 0 Å². The molecule has 116 valence electrons. The van der Waals surface area contributed by atoms with Gasteiger partial charge in [0.25, 0.3) is 5.91 Å². The summed E-state index contributed by atoms with van der Waals surface area (Å²) in [5.41, 5.74) is 2.78. The van der Waals surface area contributed by atoms with Crippen LogP contribution in [0.25, 0.3) is 0 Å². The van der Waals surface area contributed by atoms with Crippen LogP contribution in [0.4, 0.5) is 11.6 Å². The predicted octanol–water partition coefficient (Wildman–Crippen LogP) is 3.56. The van der Waals surface area contributed by atoms with Crippen molar-refractivity contribution in [2.24, 2.45) is 0 Å². The van der Waals surface area contributed by atoms with Crippen molar-refractivity contribution in [2.45, 2.75) is 40.2 Å². The van der Waals surface area contributed by atoms with E-state index in [0.29, 0.717) is 17.2 Å². The summed E-state index contributed by atoms with van der Waals surface area (Å²) in [6.07, 6.45) is 0. The molecule has 0 spiro atoms. The van der Waals surface area contributed by atoms with Crippen LogP contribution in [0.1, 0.15) is 42.3 Å². The number of rotatable bonds is 3. The fourth-order valence-corrected chi connectivity index (χ4v) is 1.92. The molecule has 0 aliphatic rings. The van der Waals surface area contributed by atoms with Gasteiger partial charge in [-0.25, -0.2) is 0 Å². The third-order valence-corrected chi connectivity index (χ3v) is 3.18. The summed E-state index contributed by atoms with van der Waals surface area (Å²) in [5.74, 6) is 0.924. The van der Waals surface area contributed by atoms with E-state index in [1.807, 2.05) is 46.8 Å². The highest BCUT2D eigenvalue weighted by atomic mass is 16.1. The minimum Gasteiger partial charge on any atom is -0.364 e. The second-order valence-electron chi connectivity index (χ2n) is 6.43. The second-order valence-corrected chi connectivity index (χ2v) is 6.43.